The fourth-order valence-corrected chi connectivity index (χ4v) is 5.40. The Kier molecular flexibility index (Phi) is 6.47. The van der Waals surface area contributed by atoms with Gasteiger partial charge in [-0.25, -0.2) is 24.9 Å². The minimum absolute atomic E-state index is 0.0942. The molecule has 2 aliphatic rings. The summed E-state index contributed by atoms with van der Waals surface area (Å²) in [6.45, 7) is 4.94. The van der Waals surface area contributed by atoms with Crippen molar-refractivity contribution in [2.45, 2.75) is 57.5 Å². The van der Waals surface area contributed by atoms with Gasteiger partial charge < -0.3 is 19.1 Å². The molecular weight excluding hydrogens is 542 g/mol. The lowest BCUT2D eigenvalue weighted by Gasteiger charge is -2.46. The smallest absolute Gasteiger partial charge is 0.288 e. The van der Waals surface area contributed by atoms with E-state index in [0.29, 0.717) is 52.6 Å². The summed E-state index contributed by atoms with van der Waals surface area (Å²) in [5.74, 6) is -0.923. The molecule has 0 N–H and O–H groups in total. The molecule has 42 heavy (non-hydrogen) atoms. The Morgan fingerprint density at radius 2 is 1.79 bits per heavy atom. The topological polar surface area (TPSA) is 102 Å². The van der Waals surface area contributed by atoms with Crippen LogP contribution in [0.4, 0.5) is 20.3 Å². The van der Waals surface area contributed by atoms with E-state index in [2.05, 4.69) is 19.9 Å². The van der Waals surface area contributed by atoms with E-state index in [1.807, 2.05) is 43.0 Å². The zero-order valence-corrected chi connectivity index (χ0v) is 24.4. The summed E-state index contributed by atoms with van der Waals surface area (Å²) in [5.41, 5.74) is 2.53. The number of likely N-dealkylation sites (N-methyl/N-ethyl adjacent to an activating group) is 1. The molecule has 1 aliphatic carbocycles. The van der Waals surface area contributed by atoms with Crippen LogP contribution in [-0.4, -0.2) is 55.1 Å². The van der Waals surface area contributed by atoms with Gasteiger partial charge in [-0.3, -0.25) is 4.79 Å². The van der Waals surface area contributed by atoms with E-state index in [-0.39, 0.29) is 11.6 Å². The number of alkyl halides is 2. The minimum Gasteiger partial charge on any atom is -0.480 e. The number of benzene rings is 1. The van der Waals surface area contributed by atoms with E-state index in [4.69, 9.17) is 9.72 Å². The fraction of sp³-hybridized carbons (Fsp3) is 0.400. The quantitative estimate of drug-likeness (QED) is 0.301. The third-order valence-corrected chi connectivity index (χ3v) is 7.97. The number of anilines is 2. The number of aromatic nitrogens is 6. The third kappa shape index (κ3) is 4.64. The summed E-state index contributed by atoms with van der Waals surface area (Å²) in [5, 5.41) is 0. The second-order valence-electron chi connectivity index (χ2n) is 11.5. The lowest BCUT2D eigenvalue weighted by molar-refractivity contribution is -0.122. The second kappa shape index (κ2) is 9.81. The molecule has 1 saturated carbocycles. The number of amides is 1. The van der Waals surface area contributed by atoms with Crippen LogP contribution in [0, 0.1) is 0 Å². The standard InChI is InChI=1S/C30H32F2N8O2/c1-29(2)28(41)39(5)20-13-33-24(22-23(18-11-12-18)34-16-35-27(22)42-6)37-26(20)40(29)14-17-7-9-19(10-8-17)25-36-21(15-38(25)4)30(3,31)32/h7-10,13,15-16,18H,11-12,14H2,1-6H3. The van der Waals surface area contributed by atoms with Crippen LogP contribution < -0.4 is 14.5 Å². The first-order valence-electron chi connectivity index (χ1n) is 13.7. The molecule has 0 unspecified atom stereocenters. The van der Waals surface area contributed by atoms with Crippen molar-refractivity contribution >= 4 is 17.4 Å². The molecule has 218 valence electrons. The summed E-state index contributed by atoms with van der Waals surface area (Å²) in [7, 11) is 4.98. The summed E-state index contributed by atoms with van der Waals surface area (Å²) >= 11 is 0. The number of hydrogen-bond donors (Lipinski definition) is 0. The number of methoxy groups -OCH3 is 1. The monoisotopic (exact) mass is 574 g/mol. The maximum absolute atomic E-state index is 13.8. The van der Waals surface area contributed by atoms with Crippen LogP contribution in [0.15, 0.2) is 43.0 Å². The number of imidazole rings is 1. The Labute approximate surface area is 242 Å². The molecule has 6 rings (SSSR count). The van der Waals surface area contributed by atoms with Gasteiger partial charge in [-0.2, -0.15) is 8.78 Å². The molecule has 12 heteroatoms. The van der Waals surface area contributed by atoms with Gasteiger partial charge in [-0.15, -0.1) is 0 Å². The van der Waals surface area contributed by atoms with Crippen LogP contribution in [0.2, 0.25) is 0 Å². The first kappa shape index (κ1) is 27.7. The molecule has 4 heterocycles. The van der Waals surface area contributed by atoms with E-state index in [0.717, 1.165) is 31.0 Å². The van der Waals surface area contributed by atoms with Gasteiger partial charge >= 0.3 is 0 Å². The SMILES string of the molecule is COc1ncnc(C2CC2)c1-c1ncc2c(n1)N(Cc1ccc(-c3nc(C(C)(F)F)cn3C)cc1)C(C)(C)C(=O)N2C. The van der Waals surface area contributed by atoms with Crippen molar-refractivity contribution in [3.8, 4) is 28.7 Å². The van der Waals surface area contributed by atoms with Crippen molar-refractivity contribution in [2.75, 3.05) is 24.0 Å². The highest BCUT2D eigenvalue weighted by atomic mass is 19.3. The lowest BCUT2D eigenvalue weighted by atomic mass is 9.96. The van der Waals surface area contributed by atoms with Crippen molar-refractivity contribution in [3.05, 3.63) is 59.9 Å². The zero-order valence-electron chi connectivity index (χ0n) is 24.4. The van der Waals surface area contributed by atoms with E-state index in [1.165, 1.54) is 12.5 Å². The van der Waals surface area contributed by atoms with E-state index in [9.17, 15) is 13.6 Å². The maximum atomic E-state index is 13.8. The number of hydrogen-bond acceptors (Lipinski definition) is 8. The first-order chi connectivity index (χ1) is 19.9. The Hall–Kier alpha value is -4.48. The summed E-state index contributed by atoms with van der Waals surface area (Å²) < 4.78 is 34.9. The van der Waals surface area contributed by atoms with Crippen LogP contribution in [0.3, 0.4) is 0 Å². The molecule has 0 radical (unpaired) electrons. The van der Waals surface area contributed by atoms with Crippen molar-refractivity contribution in [2.24, 2.45) is 7.05 Å². The van der Waals surface area contributed by atoms with Gasteiger partial charge in [-0.05, 0) is 32.3 Å². The van der Waals surface area contributed by atoms with Gasteiger partial charge in [0.2, 0.25) is 5.88 Å². The number of nitrogens with zero attached hydrogens (tertiary/aromatic N) is 8. The van der Waals surface area contributed by atoms with E-state index >= 15 is 0 Å². The highest BCUT2D eigenvalue weighted by Gasteiger charge is 2.45. The molecule has 1 fully saturated rings. The largest absolute Gasteiger partial charge is 0.480 e. The lowest BCUT2D eigenvalue weighted by Crippen LogP contribution is -2.59. The Morgan fingerprint density at radius 3 is 2.40 bits per heavy atom. The predicted molar refractivity (Wildman–Crippen MR) is 153 cm³/mol. The van der Waals surface area contributed by atoms with Gasteiger partial charge in [0, 0.05) is 45.2 Å². The molecule has 0 saturated heterocycles. The van der Waals surface area contributed by atoms with Gasteiger partial charge in [0.15, 0.2) is 11.6 Å². The average molecular weight is 575 g/mol. The number of carbonyl (C=O) groups excluding carboxylic acids is 1. The van der Waals surface area contributed by atoms with Crippen LogP contribution in [0.1, 0.15) is 56.5 Å². The summed E-state index contributed by atoms with van der Waals surface area (Å²) in [6, 6.07) is 7.52. The number of fused-ring (bicyclic) bond motifs is 1. The Morgan fingerprint density at radius 1 is 1.07 bits per heavy atom. The molecule has 0 spiro atoms. The number of aryl methyl sites for hydroxylation is 1. The van der Waals surface area contributed by atoms with Crippen molar-refractivity contribution < 1.29 is 18.3 Å². The average Bonchev–Trinajstić information content (AvgIpc) is 3.74. The van der Waals surface area contributed by atoms with E-state index in [1.54, 1.807) is 36.9 Å². The van der Waals surface area contributed by atoms with Gasteiger partial charge in [-0.1, -0.05) is 24.3 Å². The highest BCUT2D eigenvalue weighted by Crippen LogP contribution is 2.46. The highest BCUT2D eigenvalue weighted by molar-refractivity contribution is 6.06. The number of ether oxygens (including phenoxy) is 1. The zero-order chi connectivity index (χ0) is 30.0. The Balaban J connectivity index is 1.39. The van der Waals surface area contributed by atoms with Crippen molar-refractivity contribution in [3.63, 3.8) is 0 Å². The molecule has 0 atom stereocenters. The number of rotatable bonds is 7. The molecule has 3 aromatic heterocycles. The summed E-state index contributed by atoms with van der Waals surface area (Å²) in [4.78, 5) is 39.7. The van der Waals surface area contributed by atoms with E-state index < -0.39 is 11.5 Å². The van der Waals surface area contributed by atoms with Crippen LogP contribution in [-0.2, 0) is 24.3 Å². The Bertz CT molecular complexity index is 1680. The van der Waals surface area contributed by atoms with Gasteiger partial charge in [0.1, 0.15) is 34.6 Å². The molecule has 1 aromatic carbocycles. The van der Waals surface area contributed by atoms with Crippen LogP contribution in [0.25, 0.3) is 22.8 Å². The number of halogens is 2. The molecule has 1 aliphatic heterocycles. The first-order valence-corrected chi connectivity index (χ1v) is 13.7. The summed E-state index contributed by atoms with van der Waals surface area (Å²) in [6.07, 6.45) is 6.57. The molecule has 4 aromatic rings. The molecule has 0 bridgehead atoms. The maximum Gasteiger partial charge on any atom is 0.288 e. The molecular formula is C30H32F2N8O2. The van der Waals surface area contributed by atoms with Crippen LogP contribution >= 0.6 is 0 Å². The minimum atomic E-state index is -3.03. The van der Waals surface area contributed by atoms with Crippen molar-refractivity contribution in [1.82, 2.24) is 29.5 Å². The second-order valence-corrected chi connectivity index (χ2v) is 11.5. The normalized spacial score (nSPS) is 16.5. The van der Waals surface area contributed by atoms with Crippen LogP contribution in [0.5, 0.6) is 5.88 Å². The van der Waals surface area contributed by atoms with Gasteiger partial charge in [0.25, 0.3) is 11.8 Å². The fourth-order valence-electron chi connectivity index (χ4n) is 5.40. The predicted octanol–water partition coefficient (Wildman–Crippen LogP) is 5.09. The molecule has 1 amide bonds. The molecule has 10 nitrogen and oxygen atoms in total. The van der Waals surface area contributed by atoms with Gasteiger partial charge in [0.05, 0.1) is 19.0 Å². The third-order valence-electron chi connectivity index (χ3n) is 7.97. The number of carbonyl (C=O) groups is 1. The van der Waals surface area contributed by atoms with Crippen molar-refractivity contribution in [1.29, 1.82) is 0 Å².